The number of amides is 1. The summed E-state index contributed by atoms with van der Waals surface area (Å²) in [5, 5.41) is 26.0. The van der Waals surface area contributed by atoms with Crippen LogP contribution in [-0.4, -0.2) is 44.2 Å². The maximum absolute atomic E-state index is 12.5. The summed E-state index contributed by atoms with van der Waals surface area (Å²) in [6.45, 7) is 10.9. The predicted octanol–water partition coefficient (Wildman–Crippen LogP) is 5.33. The third-order valence-electron chi connectivity index (χ3n) is 6.90. The van der Waals surface area contributed by atoms with Gasteiger partial charge >= 0.3 is 5.97 Å². The highest BCUT2D eigenvalue weighted by Gasteiger charge is 2.13. The van der Waals surface area contributed by atoms with E-state index in [0.29, 0.717) is 13.1 Å². The first-order valence-corrected chi connectivity index (χ1v) is 14.4. The lowest BCUT2D eigenvalue weighted by atomic mass is 10.0. The van der Waals surface area contributed by atoms with Crippen molar-refractivity contribution < 1.29 is 19.8 Å². The van der Waals surface area contributed by atoms with E-state index in [-0.39, 0.29) is 23.9 Å². The fourth-order valence-corrected chi connectivity index (χ4v) is 4.69. The van der Waals surface area contributed by atoms with Crippen LogP contribution in [0.25, 0.3) is 5.82 Å². The van der Waals surface area contributed by atoms with Crippen LogP contribution in [0.1, 0.15) is 70.9 Å². The molecule has 0 aliphatic carbocycles. The SMILES string of the molecule is CC.Cc1ccc(C)n1-c1ccc(C(O)CNC(C)Cc2cccc(CC(=O)NCc3ccc(C(=O)O)cc3)c2)cn1. The Balaban J connectivity index is 0.00000237. The molecule has 0 aliphatic heterocycles. The third-order valence-corrected chi connectivity index (χ3v) is 6.90. The number of aliphatic hydroxyl groups is 1. The van der Waals surface area contributed by atoms with Crippen molar-refractivity contribution in [2.45, 2.75) is 66.2 Å². The Morgan fingerprint density at radius 2 is 1.57 bits per heavy atom. The van der Waals surface area contributed by atoms with E-state index in [4.69, 9.17) is 5.11 Å². The van der Waals surface area contributed by atoms with E-state index in [1.54, 1.807) is 18.3 Å². The molecule has 4 rings (SSSR count). The van der Waals surface area contributed by atoms with E-state index in [1.165, 1.54) is 12.1 Å². The minimum absolute atomic E-state index is 0.101. The lowest BCUT2D eigenvalue weighted by Crippen LogP contribution is -2.32. The maximum atomic E-state index is 12.5. The monoisotopic (exact) mass is 570 g/mol. The van der Waals surface area contributed by atoms with Crippen LogP contribution in [0.5, 0.6) is 0 Å². The Morgan fingerprint density at radius 3 is 2.19 bits per heavy atom. The molecule has 8 nitrogen and oxygen atoms in total. The second kappa shape index (κ2) is 15.7. The van der Waals surface area contributed by atoms with Crippen molar-refractivity contribution in [1.82, 2.24) is 20.2 Å². The molecule has 2 aromatic heterocycles. The zero-order valence-corrected chi connectivity index (χ0v) is 25.1. The number of carbonyl (C=O) groups excluding carboxylic acids is 1. The van der Waals surface area contributed by atoms with E-state index < -0.39 is 12.1 Å². The first-order chi connectivity index (χ1) is 20.2. The Bertz CT molecular complexity index is 1430. The van der Waals surface area contributed by atoms with Gasteiger partial charge in [0.2, 0.25) is 5.91 Å². The predicted molar refractivity (Wildman–Crippen MR) is 166 cm³/mol. The minimum Gasteiger partial charge on any atom is -0.478 e. The maximum Gasteiger partial charge on any atom is 0.335 e. The van der Waals surface area contributed by atoms with Gasteiger partial charge in [0.05, 0.1) is 18.1 Å². The summed E-state index contributed by atoms with van der Waals surface area (Å²) < 4.78 is 2.08. The first-order valence-electron chi connectivity index (χ1n) is 14.4. The zero-order valence-electron chi connectivity index (χ0n) is 25.1. The summed E-state index contributed by atoms with van der Waals surface area (Å²) in [5.74, 6) is -0.243. The van der Waals surface area contributed by atoms with E-state index in [1.807, 2.05) is 64.1 Å². The molecule has 0 aliphatic rings. The van der Waals surface area contributed by atoms with Gasteiger partial charge in [-0.05, 0) is 74.2 Å². The Morgan fingerprint density at radius 1 is 0.905 bits per heavy atom. The minimum atomic E-state index is -0.975. The molecule has 222 valence electrons. The molecule has 1 amide bonds. The van der Waals surface area contributed by atoms with Gasteiger partial charge in [-0.15, -0.1) is 0 Å². The topological polar surface area (TPSA) is 116 Å². The van der Waals surface area contributed by atoms with E-state index >= 15 is 0 Å². The number of rotatable bonds is 12. The van der Waals surface area contributed by atoms with Crippen LogP contribution in [0.2, 0.25) is 0 Å². The number of carboxylic acids is 1. The Hall–Kier alpha value is -4.27. The summed E-state index contributed by atoms with van der Waals surface area (Å²) in [7, 11) is 0. The molecule has 4 N–H and O–H groups in total. The highest BCUT2D eigenvalue weighted by Crippen LogP contribution is 2.18. The average Bonchev–Trinajstić information content (AvgIpc) is 3.33. The molecule has 0 spiro atoms. The molecule has 0 bridgehead atoms. The van der Waals surface area contributed by atoms with Crippen molar-refractivity contribution in [3.63, 3.8) is 0 Å². The van der Waals surface area contributed by atoms with Crippen LogP contribution in [0.15, 0.2) is 79.0 Å². The van der Waals surface area contributed by atoms with Gasteiger partial charge in [0, 0.05) is 42.3 Å². The third kappa shape index (κ3) is 9.12. The van der Waals surface area contributed by atoms with Gasteiger partial charge in [0.1, 0.15) is 5.82 Å². The van der Waals surface area contributed by atoms with Crippen molar-refractivity contribution in [3.05, 3.63) is 118 Å². The summed E-state index contributed by atoms with van der Waals surface area (Å²) in [6.07, 6.45) is 2.06. The number of pyridine rings is 1. The molecule has 8 heteroatoms. The number of aliphatic hydroxyl groups excluding tert-OH is 1. The number of aromatic nitrogens is 2. The Kier molecular flexibility index (Phi) is 12.0. The molecule has 0 fully saturated rings. The van der Waals surface area contributed by atoms with Crippen molar-refractivity contribution in [2.24, 2.45) is 0 Å². The van der Waals surface area contributed by atoms with Crippen LogP contribution in [0.4, 0.5) is 0 Å². The van der Waals surface area contributed by atoms with Gasteiger partial charge in [-0.25, -0.2) is 9.78 Å². The quantitative estimate of drug-likeness (QED) is 0.183. The molecule has 4 aromatic rings. The van der Waals surface area contributed by atoms with Crippen molar-refractivity contribution in [2.75, 3.05) is 6.54 Å². The summed E-state index contributed by atoms with van der Waals surface area (Å²) >= 11 is 0. The standard InChI is InChI=1S/C32H36N4O4.C2H6/c1-21(33-20-29(37)28-13-14-30(34-19-28)36-22(2)7-8-23(36)3)15-25-5-4-6-26(16-25)17-31(38)35-18-24-9-11-27(12-10-24)32(39)40;1-2/h4-14,16,19,21,29,33,37H,15,17-18,20H2,1-3H3,(H,35,38)(H,39,40);1-2H3. The second-order valence-electron chi connectivity index (χ2n) is 10.2. The second-order valence-corrected chi connectivity index (χ2v) is 10.2. The summed E-state index contributed by atoms with van der Waals surface area (Å²) in [6, 6.07) is 22.5. The normalized spacial score (nSPS) is 12.1. The van der Waals surface area contributed by atoms with Crippen molar-refractivity contribution >= 4 is 11.9 Å². The number of hydrogen-bond donors (Lipinski definition) is 4. The lowest BCUT2D eigenvalue weighted by Gasteiger charge is -2.18. The van der Waals surface area contributed by atoms with Gasteiger partial charge in [0.15, 0.2) is 0 Å². The molecule has 0 saturated carbocycles. The van der Waals surface area contributed by atoms with Crippen LogP contribution < -0.4 is 10.6 Å². The molecular weight excluding hydrogens is 528 g/mol. The smallest absolute Gasteiger partial charge is 0.335 e. The first kappa shape index (κ1) is 32.2. The number of nitrogens with one attached hydrogen (secondary N) is 2. The van der Waals surface area contributed by atoms with Gasteiger partial charge in [-0.2, -0.15) is 0 Å². The van der Waals surface area contributed by atoms with Gasteiger partial charge in [-0.3, -0.25) is 4.79 Å². The molecule has 2 aromatic carbocycles. The van der Waals surface area contributed by atoms with Crippen molar-refractivity contribution in [3.8, 4) is 5.82 Å². The fraction of sp³-hybridized carbons (Fsp3) is 0.324. The molecule has 2 unspecified atom stereocenters. The highest BCUT2D eigenvalue weighted by molar-refractivity contribution is 5.87. The number of benzene rings is 2. The van der Waals surface area contributed by atoms with Crippen LogP contribution in [0.3, 0.4) is 0 Å². The number of carboxylic acid groups (broad SMARTS) is 1. The van der Waals surface area contributed by atoms with Crippen LogP contribution >= 0.6 is 0 Å². The number of carbonyl (C=O) groups is 2. The van der Waals surface area contributed by atoms with E-state index in [0.717, 1.165) is 45.9 Å². The van der Waals surface area contributed by atoms with E-state index in [9.17, 15) is 14.7 Å². The Labute approximate surface area is 248 Å². The molecule has 2 atom stereocenters. The molecule has 0 saturated heterocycles. The van der Waals surface area contributed by atoms with Gasteiger partial charge in [0.25, 0.3) is 0 Å². The number of hydrogen-bond acceptors (Lipinski definition) is 5. The number of aryl methyl sites for hydroxylation is 2. The highest BCUT2D eigenvalue weighted by atomic mass is 16.4. The average molecular weight is 571 g/mol. The van der Waals surface area contributed by atoms with Gasteiger partial charge in [-0.1, -0.05) is 56.3 Å². The lowest BCUT2D eigenvalue weighted by molar-refractivity contribution is -0.120. The van der Waals surface area contributed by atoms with Crippen LogP contribution in [0, 0.1) is 13.8 Å². The van der Waals surface area contributed by atoms with Crippen LogP contribution in [-0.2, 0) is 24.2 Å². The largest absolute Gasteiger partial charge is 0.478 e. The number of aromatic carboxylic acids is 1. The van der Waals surface area contributed by atoms with Crippen molar-refractivity contribution in [1.29, 1.82) is 0 Å². The molecular formula is C34H42N4O4. The molecule has 0 radical (unpaired) electrons. The molecule has 2 heterocycles. The van der Waals surface area contributed by atoms with Gasteiger partial charge < -0.3 is 25.4 Å². The summed E-state index contributed by atoms with van der Waals surface area (Å²) in [4.78, 5) is 28.0. The number of nitrogens with zero attached hydrogens (tertiary/aromatic N) is 2. The van der Waals surface area contributed by atoms with E-state index in [2.05, 4.69) is 39.2 Å². The summed E-state index contributed by atoms with van der Waals surface area (Å²) in [5.41, 5.74) is 6.07. The zero-order chi connectivity index (χ0) is 30.6. The molecule has 42 heavy (non-hydrogen) atoms. The fourth-order valence-electron chi connectivity index (χ4n) is 4.69.